The Bertz CT molecular complexity index is 2200. The molecule has 1 fully saturated rings. The molecule has 15 nitrogen and oxygen atoms in total. The number of ether oxygens (including phenoxy) is 6. The zero-order valence-corrected chi connectivity index (χ0v) is 29.8. The van der Waals surface area contributed by atoms with Crippen LogP contribution in [0.3, 0.4) is 0 Å². The molecule has 0 unspecified atom stereocenters. The molecule has 2 aromatic carbocycles. The average molecular weight is 740 g/mol. The minimum Gasteiger partial charge on any atom is -0.470 e. The highest BCUT2D eigenvalue weighted by molar-refractivity contribution is 7.13. The fourth-order valence-electron chi connectivity index (χ4n) is 5.92. The Kier molecular flexibility index (Phi) is 11.1. The molecule has 53 heavy (non-hydrogen) atoms. The van der Waals surface area contributed by atoms with E-state index in [9.17, 15) is 24.4 Å². The van der Waals surface area contributed by atoms with E-state index in [1.54, 1.807) is 0 Å². The van der Waals surface area contributed by atoms with Gasteiger partial charge in [0.1, 0.15) is 36.6 Å². The lowest BCUT2D eigenvalue weighted by Crippen LogP contribution is -2.60. The molecule has 0 bridgehead atoms. The molecular weight excluding hydrogens is 706 g/mol. The SMILES string of the molecule is CC(=O)OC[C@H]1O[C@@H](n2cc(COc3nc(-c4ccc5ccccc5c4)cc(-c4cccs4)c3C#N)nn2)[C@H](OC(C)=O)[C@@H](OC(C)=O)[C@@H]1OC(C)=O. The topological polar surface area (TPSA) is 191 Å². The summed E-state index contributed by atoms with van der Waals surface area (Å²) in [5.41, 5.74) is 2.55. The average Bonchev–Trinajstić information content (AvgIpc) is 3.84. The van der Waals surface area contributed by atoms with Crippen molar-refractivity contribution in [2.45, 2.75) is 64.9 Å². The van der Waals surface area contributed by atoms with Gasteiger partial charge in [-0.25, -0.2) is 9.67 Å². The second-order valence-electron chi connectivity index (χ2n) is 12.0. The maximum Gasteiger partial charge on any atom is 0.303 e. The number of rotatable bonds is 11. The molecule has 5 atom stereocenters. The Balaban J connectivity index is 1.33. The molecule has 6 rings (SSSR count). The van der Waals surface area contributed by atoms with E-state index in [0.29, 0.717) is 11.3 Å². The zero-order chi connectivity index (χ0) is 37.6. The van der Waals surface area contributed by atoms with Crippen LogP contribution in [0.4, 0.5) is 0 Å². The van der Waals surface area contributed by atoms with E-state index in [-0.39, 0.29) is 23.7 Å². The van der Waals surface area contributed by atoms with E-state index in [1.807, 2.05) is 66.0 Å². The third kappa shape index (κ3) is 8.49. The van der Waals surface area contributed by atoms with Gasteiger partial charge in [-0.05, 0) is 34.4 Å². The van der Waals surface area contributed by atoms with Gasteiger partial charge < -0.3 is 28.4 Å². The highest BCUT2D eigenvalue weighted by Crippen LogP contribution is 2.37. The minimum absolute atomic E-state index is 0.0726. The number of hydrogen-bond donors (Lipinski definition) is 0. The number of pyridine rings is 1. The Morgan fingerprint density at radius 1 is 0.868 bits per heavy atom. The molecule has 4 heterocycles. The molecule has 0 amide bonds. The molecule has 1 saturated heterocycles. The summed E-state index contributed by atoms with van der Waals surface area (Å²) >= 11 is 1.47. The number of carbonyl (C=O) groups is 4. The van der Waals surface area contributed by atoms with Crippen LogP contribution in [-0.2, 0) is 49.5 Å². The van der Waals surface area contributed by atoms with Crippen molar-refractivity contribution < 1.29 is 47.6 Å². The van der Waals surface area contributed by atoms with Crippen molar-refractivity contribution in [3.05, 3.63) is 83.5 Å². The van der Waals surface area contributed by atoms with Crippen molar-refractivity contribution >= 4 is 46.0 Å². The van der Waals surface area contributed by atoms with Gasteiger partial charge in [0, 0.05) is 43.7 Å². The van der Waals surface area contributed by atoms with Gasteiger partial charge in [0.25, 0.3) is 0 Å². The van der Waals surface area contributed by atoms with Crippen LogP contribution in [0.1, 0.15) is 45.2 Å². The molecule has 0 N–H and O–H groups in total. The third-order valence-corrected chi connectivity index (χ3v) is 8.97. The van der Waals surface area contributed by atoms with Crippen LogP contribution < -0.4 is 4.74 Å². The van der Waals surface area contributed by atoms with Crippen molar-refractivity contribution in [2.24, 2.45) is 0 Å². The minimum atomic E-state index is -1.39. The van der Waals surface area contributed by atoms with Crippen molar-refractivity contribution in [3.8, 4) is 33.6 Å². The second kappa shape index (κ2) is 16.0. The Hall–Kier alpha value is -6.18. The normalized spacial score (nSPS) is 19.5. The van der Waals surface area contributed by atoms with Crippen molar-refractivity contribution in [1.29, 1.82) is 5.26 Å². The lowest BCUT2D eigenvalue weighted by Gasteiger charge is -2.44. The standard InChI is InChI=1S/C37H33N5O10S/c1-20(43)47-19-31-33(49-21(2)44)34(50-22(3)45)35(51-23(4)46)37(52-31)42-17-27(40-41-42)18-48-36-29(16-38)28(32-10-7-13-53-32)15-30(39-36)26-12-11-24-8-5-6-9-25(24)14-26/h5-15,17,31,33-35,37H,18-19H2,1-4H3/t31-,33-,34+,35-,37-/m1/s1. The molecule has 0 saturated carbocycles. The van der Waals surface area contributed by atoms with Crippen LogP contribution in [-0.4, -0.2) is 74.9 Å². The van der Waals surface area contributed by atoms with Crippen LogP contribution in [0.2, 0.25) is 0 Å². The van der Waals surface area contributed by atoms with Gasteiger partial charge in [0.05, 0.1) is 11.9 Å². The molecule has 16 heteroatoms. The van der Waals surface area contributed by atoms with Gasteiger partial charge in [-0.1, -0.05) is 47.7 Å². The smallest absolute Gasteiger partial charge is 0.303 e. The summed E-state index contributed by atoms with van der Waals surface area (Å²) in [6, 6.07) is 21.8. The first-order chi connectivity index (χ1) is 25.5. The molecule has 0 radical (unpaired) electrons. The first-order valence-electron chi connectivity index (χ1n) is 16.3. The second-order valence-corrected chi connectivity index (χ2v) is 12.9. The van der Waals surface area contributed by atoms with Gasteiger partial charge >= 0.3 is 23.9 Å². The number of nitriles is 1. The number of benzene rings is 2. The first kappa shape index (κ1) is 36.6. The molecule has 1 aliphatic heterocycles. The molecule has 1 aliphatic rings. The number of aromatic nitrogens is 4. The van der Waals surface area contributed by atoms with Gasteiger partial charge in [-0.2, -0.15) is 5.26 Å². The van der Waals surface area contributed by atoms with Crippen molar-refractivity contribution in [3.63, 3.8) is 0 Å². The maximum absolute atomic E-state index is 12.3. The number of nitrogens with zero attached hydrogens (tertiary/aromatic N) is 5. The number of thiophene rings is 1. The Labute approximate surface area is 306 Å². The molecule has 0 spiro atoms. The summed E-state index contributed by atoms with van der Waals surface area (Å²) in [5.74, 6) is -2.84. The number of fused-ring (bicyclic) bond motifs is 1. The van der Waals surface area contributed by atoms with Crippen molar-refractivity contribution in [2.75, 3.05) is 6.61 Å². The van der Waals surface area contributed by atoms with E-state index >= 15 is 0 Å². The largest absolute Gasteiger partial charge is 0.470 e. The molecule has 0 aliphatic carbocycles. The molecular formula is C37H33N5O10S. The van der Waals surface area contributed by atoms with Crippen molar-refractivity contribution in [1.82, 2.24) is 20.0 Å². The van der Waals surface area contributed by atoms with E-state index < -0.39 is 61.1 Å². The van der Waals surface area contributed by atoms with E-state index in [4.69, 9.17) is 33.4 Å². The highest BCUT2D eigenvalue weighted by Gasteiger charge is 2.53. The summed E-state index contributed by atoms with van der Waals surface area (Å²) < 4.78 is 35.2. The number of hydrogen-bond acceptors (Lipinski definition) is 15. The summed E-state index contributed by atoms with van der Waals surface area (Å²) in [6.07, 6.45) is -5.13. The zero-order valence-electron chi connectivity index (χ0n) is 29.0. The van der Waals surface area contributed by atoms with E-state index in [0.717, 1.165) is 42.0 Å². The first-order valence-corrected chi connectivity index (χ1v) is 17.2. The predicted octanol–water partition coefficient (Wildman–Crippen LogP) is 4.93. The fraction of sp³-hybridized carbons (Fsp3) is 0.297. The van der Waals surface area contributed by atoms with Crippen LogP contribution in [0.15, 0.2) is 72.2 Å². The lowest BCUT2D eigenvalue weighted by molar-refractivity contribution is -0.270. The van der Waals surface area contributed by atoms with E-state index in [1.165, 1.54) is 29.1 Å². The summed E-state index contributed by atoms with van der Waals surface area (Å²) in [6.45, 7) is 4.00. The molecule has 5 aromatic rings. The summed E-state index contributed by atoms with van der Waals surface area (Å²) in [4.78, 5) is 53.9. The summed E-state index contributed by atoms with van der Waals surface area (Å²) in [7, 11) is 0. The highest BCUT2D eigenvalue weighted by atomic mass is 32.1. The van der Waals surface area contributed by atoms with Gasteiger partial charge in [0.2, 0.25) is 5.88 Å². The van der Waals surface area contributed by atoms with Crippen LogP contribution in [0.25, 0.3) is 32.5 Å². The molecule has 3 aromatic heterocycles. The van der Waals surface area contributed by atoms with Gasteiger partial charge in [0.15, 0.2) is 24.5 Å². The lowest BCUT2D eigenvalue weighted by atomic mass is 9.97. The quantitative estimate of drug-likeness (QED) is 0.131. The molecule has 272 valence electrons. The number of carbonyl (C=O) groups excluding carboxylic acids is 4. The number of esters is 4. The maximum atomic E-state index is 12.3. The van der Waals surface area contributed by atoms with Gasteiger partial charge in [-0.3, -0.25) is 19.2 Å². The Morgan fingerprint density at radius 2 is 1.58 bits per heavy atom. The van der Waals surface area contributed by atoms with Crippen LogP contribution >= 0.6 is 11.3 Å². The van der Waals surface area contributed by atoms with E-state index in [2.05, 4.69) is 16.4 Å². The summed E-state index contributed by atoms with van der Waals surface area (Å²) in [5, 5.41) is 22.7. The fourth-order valence-corrected chi connectivity index (χ4v) is 6.67. The predicted molar refractivity (Wildman–Crippen MR) is 187 cm³/mol. The van der Waals surface area contributed by atoms with Crippen LogP contribution in [0.5, 0.6) is 5.88 Å². The van der Waals surface area contributed by atoms with Crippen LogP contribution in [0, 0.1) is 11.3 Å². The monoisotopic (exact) mass is 739 g/mol. The third-order valence-electron chi connectivity index (χ3n) is 8.07. The Morgan fingerprint density at radius 3 is 2.26 bits per heavy atom. The van der Waals surface area contributed by atoms with Gasteiger partial charge in [-0.15, -0.1) is 16.4 Å².